The molecule has 0 saturated carbocycles. The number of carbonyl (C=O) groups is 1. The minimum Gasteiger partial charge on any atom is -0.462 e. The van der Waals surface area contributed by atoms with Crippen LogP contribution in [0.2, 0.25) is 0 Å². The fraction of sp³-hybridized carbons (Fsp3) is 0.167. The van der Waals surface area contributed by atoms with Crippen LogP contribution in [0.4, 0.5) is 11.4 Å². The number of esters is 1. The fourth-order valence-electron chi connectivity index (χ4n) is 2.37. The average Bonchev–Trinajstić information content (AvgIpc) is 2.57. The quantitative estimate of drug-likeness (QED) is 0.597. The number of fused-ring (bicyclic) bond motifs is 1. The van der Waals surface area contributed by atoms with Gasteiger partial charge < -0.3 is 10.1 Å². The van der Waals surface area contributed by atoms with Crippen molar-refractivity contribution in [2.75, 3.05) is 11.9 Å². The molecule has 1 N–H and O–H groups in total. The maximum absolute atomic E-state index is 12.3. The van der Waals surface area contributed by atoms with E-state index in [0.29, 0.717) is 23.5 Å². The number of benzene rings is 1. The number of nitrogens with one attached hydrogen (secondary N) is 1. The van der Waals surface area contributed by atoms with Crippen LogP contribution >= 0.6 is 28.3 Å². The fourth-order valence-corrected chi connectivity index (χ4v) is 2.75. The van der Waals surface area contributed by atoms with Crippen LogP contribution in [0.3, 0.4) is 0 Å². The van der Waals surface area contributed by atoms with E-state index in [0.717, 1.165) is 21.2 Å². The van der Waals surface area contributed by atoms with Crippen LogP contribution in [-0.2, 0) is 4.74 Å². The molecule has 130 valence electrons. The number of aryl methyl sites for hydroxylation is 1. The lowest BCUT2D eigenvalue weighted by molar-refractivity contribution is 0.0527. The second-order valence-corrected chi connectivity index (χ2v) is 6.05. The monoisotopic (exact) mass is 421 g/mol. The van der Waals surface area contributed by atoms with Crippen molar-refractivity contribution in [3.8, 4) is 0 Å². The van der Waals surface area contributed by atoms with E-state index in [1.165, 1.54) is 6.20 Å². The zero-order valence-corrected chi connectivity index (χ0v) is 16.1. The zero-order chi connectivity index (χ0) is 17.1. The molecule has 0 bridgehead atoms. The summed E-state index contributed by atoms with van der Waals surface area (Å²) in [5.74, 6) is -0.415. The lowest BCUT2D eigenvalue weighted by Crippen LogP contribution is -2.10. The molecule has 0 aliphatic rings. The van der Waals surface area contributed by atoms with E-state index in [4.69, 9.17) is 4.74 Å². The van der Waals surface area contributed by atoms with E-state index in [2.05, 4.69) is 31.2 Å². The highest BCUT2D eigenvalue weighted by molar-refractivity contribution is 9.10. The highest BCUT2D eigenvalue weighted by Gasteiger charge is 2.18. The predicted octanol–water partition coefficient (Wildman–Crippen LogP) is 5.04. The van der Waals surface area contributed by atoms with Gasteiger partial charge >= 0.3 is 5.97 Å². The zero-order valence-electron chi connectivity index (χ0n) is 13.7. The standard InChI is InChI=1S/C18H16BrN3O2.ClH/c1-3-24-18(23)13-10-20-17-12(9-8-11(2)21-17)16(13)22-15-7-5-4-6-14(15)19;/h4-10H,3H2,1-2H3,(H,20,21,22);1H. The Kier molecular flexibility index (Phi) is 6.33. The van der Waals surface area contributed by atoms with E-state index in [-0.39, 0.29) is 12.4 Å². The van der Waals surface area contributed by atoms with Gasteiger partial charge in [0.05, 0.1) is 18.0 Å². The van der Waals surface area contributed by atoms with Crippen LogP contribution < -0.4 is 5.32 Å². The van der Waals surface area contributed by atoms with Crippen LogP contribution in [0, 0.1) is 6.92 Å². The van der Waals surface area contributed by atoms with Gasteiger partial charge in [0.25, 0.3) is 0 Å². The summed E-state index contributed by atoms with van der Waals surface area (Å²) >= 11 is 3.51. The van der Waals surface area contributed by atoms with Crippen molar-refractivity contribution < 1.29 is 9.53 Å². The number of para-hydroxylation sites is 1. The van der Waals surface area contributed by atoms with Gasteiger partial charge in [-0.3, -0.25) is 0 Å². The molecule has 0 unspecified atom stereocenters. The predicted molar refractivity (Wildman–Crippen MR) is 105 cm³/mol. The summed E-state index contributed by atoms with van der Waals surface area (Å²) in [5.41, 5.74) is 3.31. The molecule has 0 aliphatic carbocycles. The molecule has 2 heterocycles. The first-order valence-corrected chi connectivity index (χ1v) is 8.34. The summed E-state index contributed by atoms with van der Waals surface area (Å²) in [6, 6.07) is 11.5. The van der Waals surface area contributed by atoms with Crippen LogP contribution in [0.5, 0.6) is 0 Å². The Morgan fingerprint density at radius 1 is 1.24 bits per heavy atom. The smallest absolute Gasteiger partial charge is 0.341 e. The van der Waals surface area contributed by atoms with Crippen molar-refractivity contribution in [2.45, 2.75) is 13.8 Å². The maximum atomic E-state index is 12.3. The molecule has 5 nitrogen and oxygen atoms in total. The van der Waals surface area contributed by atoms with E-state index in [1.807, 2.05) is 43.3 Å². The topological polar surface area (TPSA) is 64.1 Å². The van der Waals surface area contributed by atoms with Gasteiger partial charge in [-0.15, -0.1) is 12.4 Å². The Labute approximate surface area is 160 Å². The molecule has 2 aromatic heterocycles. The van der Waals surface area contributed by atoms with E-state index < -0.39 is 5.97 Å². The first-order chi connectivity index (χ1) is 11.6. The van der Waals surface area contributed by atoms with E-state index in [9.17, 15) is 4.79 Å². The highest BCUT2D eigenvalue weighted by atomic mass is 79.9. The van der Waals surface area contributed by atoms with Gasteiger partial charge in [0, 0.05) is 21.7 Å². The van der Waals surface area contributed by atoms with Crippen molar-refractivity contribution in [3.63, 3.8) is 0 Å². The molecule has 7 heteroatoms. The molecular weight excluding hydrogens is 406 g/mol. The number of nitrogens with zero attached hydrogens (tertiary/aromatic N) is 2. The molecular formula is C18H17BrClN3O2. The summed E-state index contributed by atoms with van der Waals surface area (Å²) in [4.78, 5) is 21.1. The minimum atomic E-state index is -0.415. The highest BCUT2D eigenvalue weighted by Crippen LogP contribution is 2.32. The lowest BCUT2D eigenvalue weighted by Gasteiger charge is -2.15. The van der Waals surface area contributed by atoms with Crippen molar-refractivity contribution in [1.29, 1.82) is 0 Å². The Bertz CT molecular complexity index is 918. The average molecular weight is 423 g/mol. The van der Waals surface area contributed by atoms with Crippen molar-refractivity contribution in [3.05, 3.63) is 58.3 Å². The third kappa shape index (κ3) is 4.08. The molecule has 0 radical (unpaired) electrons. The second-order valence-electron chi connectivity index (χ2n) is 5.20. The molecule has 0 aliphatic heterocycles. The molecule has 0 fully saturated rings. The number of rotatable bonds is 4. The number of anilines is 2. The number of pyridine rings is 2. The summed E-state index contributed by atoms with van der Waals surface area (Å²) in [5, 5.41) is 4.08. The third-order valence-corrected chi connectivity index (χ3v) is 4.19. The summed E-state index contributed by atoms with van der Waals surface area (Å²) in [6.07, 6.45) is 1.51. The Hall–Kier alpha value is -2.18. The summed E-state index contributed by atoms with van der Waals surface area (Å²) in [7, 11) is 0. The van der Waals surface area contributed by atoms with E-state index in [1.54, 1.807) is 6.92 Å². The molecule has 0 saturated heterocycles. The number of aromatic nitrogens is 2. The normalized spacial score (nSPS) is 10.2. The molecule has 25 heavy (non-hydrogen) atoms. The van der Waals surface area contributed by atoms with Gasteiger partial charge in [-0.2, -0.15) is 0 Å². The Morgan fingerprint density at radius 2 is 2.00 bits per heavy atom. The number of halogens is 2. The Balaban J connectivity index is 0.00000225. The summed E-state index contributed by atoms with van der Waals surface area (Å²) in [6.45, 7) is 3.98. The van der Waals surface area contributed by atoms with Gasteiger partial charge in [-0.1, -0.05) is 12.1 Å². The molecule has 1 aromatic carbocycles. The van der Waals surface area contributed by atoms with Crippen LogP contribution in [0.1, 0.15) is 23.0 Å². The van der Waals surface area contributed by atoms with Crippen molar-refractivity contribution in [2.24, 2.45) is 0 Å². The van der Waals surface area contributed by atoms with Crippen LogP contribution in [-0.4, -0.2) is 22.5 Å². The number of ether oxygens (including phenoxy) is 1. The van der Waals surface area contributed by atoms with Gasteiger partial charge in [0.1, 0.15) is 5.56 Å². The molecule has 0 spiro atoms. The lowest BCUT2D eigenvalue weighted by atomic mass is 10.1. The molecule has 3 aromatic rings. The molecule has 0 atom stereocenters. The minimum absolute atomic E-state index is 0. The third-order valence-electron chi connectivity index (χ3n) is 3.50. The molecule has 3 rings (SSSR count). The van der Waals surface area contributed by atoms with Crippen molar-refractivity contribution >= 4 is 56.7 Å². The van der Waals surface area contributed by atoms with Gasteiger partial charge in [-0.25, -0.2) is 14.8 Å². The number of hydrogen-bond donors (Lipinski definition) is 1. The first-order valence-electron chi connectivity index (χ1n) is 7.55. The SMILES string of the molecule is CCOC(=O)c1cnc2nc(C)ccc2c1Nc1ccccc1Br.Cl. The summed E-state index contributed by atoms with van der Waals surface area (Å²) < 4.78 is 6.05. The molecule has 0 amide bonds. The van der Waals surface area contributed by atoms with Crippen molar-refractivity contribution in [1.82, 2.24) is 9.97 Å². The van der Waals surface area contributed by atoms with E-state index >= 15 is 0 Å². The number of hydrogen-bond acceptors (Lipinski definition) is 5. The van der Waals surface area contributed by atoms with Crippen LogP contribution in [0.25, 0.3) is 11.0 Å². The first kappa shape index (κ1) is 19.1. The largest absolute Gasteiger partial charge is 0.462 e. The van der Waals surface area contributed by atoms with Gasteiger partial charge in [0.2, 0.25) is 0 Å². The Morgan fingerprint density at radius 3 is 2.72 bits per heavy atom. The maximum Gasteiger partial charge on any atom is 0.341 e. The second kappa shape index (κ2) is 8.27. The number of carbonyl (C=O) groups excluding carboxylic acids is 1. The van der Waals surface area contributed by atoms with Gasteiger partial charge in [-0.05, 0) is 54.0 Å². The van der Waals surface area contributed by atoms with Gasteiger partial charge in [0.15, 0.2) is 5.65 Å². The van der Waals surface area contributed by atoms with Crippen LogP contribution in [0.15, 0.2) is 47.1 Å².